The molecule has 0 saturated heterocycles. The molecule has 0 aliphatic rings. The van der Waals surface area contributed by atoms with Crippen molar-refractivity contribution >= 4 is 23.2 Å². The molecule has 2 aromatic rings. The zero-order valence-electron chi connectivity index (χ0n) is 15.5. The van der Waals surface area contributed by atoms with Gasteiger partial charge in [-0.1, -0.05) is 11.6 Å². The second kappa shape index (κ2) is 9.34. The Bertz CT molecular complexity index is 777. The van der Waals surface area contributed by atoms with E-state index in [1.807, 2.05) is 32.0 Å². The van der Waals surface area contributed by atoms with Crippen LogP contribution in [0, 0.1) is 13.8 Å². The van der Waals surface area contributed by atoms with E-state index in [1.165, 1.54) is 0 Å². The molecule has 0 spiro atoms. The predicted octanol–water partition coefficient (Wildman–Crippen LogP) is 4.77. The van der Waals surface area contributed by atoms with Crippen LogP contribution in [0.5, 0.6) is 17.2 Å². The minimum absolute atomic E-state index is 0.0730. The van der Waals surface area contributed by atoms with Crippen molar-refractivity contribution in [2.24, 2.45) is 0 Å². The minimum Gasteiger partial charge on any atom is -0.494 e. The van der Waals surface area contributed by atoms with Gasteiger partial charge in [0.05, 0.1) is 20.8 Å². The van der Waals surface area contributed by atoms with Gasteiger partial charge in [0.2, 0.25) is 5.91 Å². The minimum atomic E-state index is -0.0730. The molecule has 0 radical (unpaired) electrons. The van der Waals surface area contributed by atoms with Gasteiger partial charge in [-0.3, -0.25) is 4.79 Å². The molecule has 26 heavy (non-hydrogen) atoms. The molecule has 0 bridgehead atoms. The summed E-state index contributed by atoms with van der Waals surface area (Å²) in [4.78, 5) is 12.2. The van der Waals surface area contributed by atoms with Crippen molar-refractivity contribution < 1.29 is 19.0 Å². The van der Waals surface area contributed by atoms with Crippen LogP contribution in [0.4, 0.5) is 5.69 Å². The Morgan fingerprint density at radius 3 is 2.38 bits per heavy atom. The summed E-state index contributed by atoms with van der Waals surface area (Å²) >= 11 is 5.99. The molecule has 5 nitrogen and oxygen atoms in total. The molecular weight excluding hydrogens is 354 g/mol. The number of carbonyl (C=O) groups excluding carboxylic acids is 1. The van der Waals surface area contributed by atoms with Gasteiger partial charge in [0.15, 0.2) is 11.5 Å². The molecule has 1 amide bonds. The van der Waals surface area contributed by atoms with E-state index in [2.05, 4.69) is 5.32 Å². The quantitative estimate of drug-likeness (QED) is 0.673. The number of hydrogen-bond donors (Lipinski definition) is 1. The number of aryl methyl sites for hydroxylation is 2. The molecule has 0 heterocycles. The van der Waals surface area contributed by atoms with Gasteiger partial charge in [-0.05, 0) is 55.7 Å². The van der Waals surface area contributed by atoms with E-state index >= 15 is 0 Å². The SMILES string of the molecule is COc1cc(C)c(NC(=O)CCCOc2ccc(Cl)c(C)c2)cc1OC. The zero-order chi connectivity index (χ0) is 19.1. The van der Waals surface area contributed by atoms with Crippen molar-refractivity contribution in [2.75, 3.05) is 26.1 Å². The molecule has 2 rings (SSSR count). The van der Waals surface area contributed by atoms with Gasteiger partial charge in [-0.2, -0.15) is 0 Å². The first kappa shape index (κ1) is 19.9. The van der Waals surface area contributed by atoms with E-state index in [-0.39, 0.29) is 5.91 Å². The van der Waals surface area contributed by atoms with Gasteiger partial charge in [0.25, 0.3) is 0 Å². The van der Waals surface area contributed by atoms with Gasteiger partial charge < -0.3 is 19.5 Å². The average Bonchev–Trinajstić information content (AvgIpc) is 2.63. The number of benzene rings is 2. The summed E-state index contributed by atoms with van der Waals surface area (Å²) in [5, 5.41) is 3.61. The van der Waals surface area contributed by atoms with Gasteiger partial charge in [0, 0.05) is 23.2 Å². The van der Waals surface area contributed by atoms with Crippen molar-refractivity contribution in [1.82, 2.24) is 0 Å². The number of nitrogens with one attached hydrogen (secondary N) is 1. The molecular formula is C20H24ClNO4. The molecule has 140 valence electrons. The highest BCUT2D eigenvalue weighted by Gasteiger charge is 2.11. The molecule has 0 aliphatic heterocycles. The Morgan fingerprint density at radius 2 is 1.73 bits per heavy atom. The number of anilines is 1. The summed E-state index contributed by atoms with van der Waals surface area (Å²) < 4.78 is 16.2. The highest BCUT2D eigenvalue weighted by atomic mass is 35.5. The maximum Gasteiger partial charge on any atom is 0.224 e. The largest absolute Gasteiger partial charge is 0.494 e. The van der Waals surface area contributed by atoms with Crippen LogP contribution in [0.25, 0.3) is 0 Å². The predicted molar refractivity (Wildman–Crippen MR) is 104 cm³/mol. The highest BCUT2D eigenvalue weighted by molar-refractivity contribution is 6.31. The average molecular weight is 378 g/mol. The van der Waals surface area contributed by atoms with Crippen LogP contribution in [-0.2, 0) is 4.79 Å². The fourth-order valence-electron chi connectivity index (χ4n) is 2.46. The summed E-state index contributed by atoms with van der Waals surface area (Å²) in [6, 6.07) is 9.11. The fraction of sp³-hybridized carbons (Fsp3) is 0.350. The molecule has 0 atom stereocenters. The van der Waals surface area contributed by atoms with Crippen LogP contribution in [0.2, 0.25) is 5.02 Å². The first-order valence-electron chi connectivity index (χ1n) is 8.36. The van der Waals surface area contributed by atoms with E-state index in [4.69, 9.17) is 25.8 Å². The lowest BCUT2D eigenvalue weighted by Gasteiger charge is -2.13. The van der Waals surface area contributed by atoms with Gasteiger partial charge >= 0.3 is 0 Å². The summed E-state index contributed by atoms with van der Waals surface area (Å²) in [6.45, 7) is 4.29. The molecule has 6 heteroatoms. The Morgan fingerprint density at radius 1 is 1.04 bits per heavy atom. The second-order valence-corrected chi connectivity index (χ2v) is 6.34. The maximum absolute atomic E-state index is 12.2. The van der Waals surface area contributed by atoms with Crippen LogP contribution in [0.1, 0.15) is 24.0 Å². The third-order valence-electron chi connectivity index (χ3n) is 3.95. The van der Waals surface area contributed by atoms with Crippen LogP contribution in [0.3, 0.4) is 0 Å². The normalized spacial score (nSPS) is 10.3. The summed E-state index contributed by atoms with van der Waals surface area (Å²) in [5.41, 5.74) is 2.58. The van der Waals surface area contributed by atoms with Crippen LogP contribution in [-0.4, -0.2) is 26.7 Å². The first-order chi connectivity index (χ1) is 12.4. The lowest BCUT2D eigenvalue weighted by Crippen LogP contribution is -2.14. The van der Waals surface area contributed by atoms with E-state index in [9.17, 15) is 4.79 Å². The summed E-state index contributed by atoms with van der Waals surface area (Å²) in [5.74, 6) is 1.89. The third kappa shape index (κ3) is 5.30. The van der Waals surface area contributed by atoms with Crippen LogP contribution in [0.15, 0.2) is 30.3 Å². The smallest absolute Gasteiger partial charge is 0.224 e. The van der Waals surface area contributed by atoms with E-state index in [0.717, 1.165) is 16.9 Å². The standard InChI is InChI=1S/C20H24ClNO4/c1-13-10-15(7-8-16(13)21)26-9-5-6-20(23)22-17-12-19(25-4)18(24-3)11-14(17)2/h7-8,10-12H,5-6,9H2,1-4H3,(H,22,23). The van der Waals surface area contributed by atoms with Crippen molar-refractivity contribution in [3.05, 3.63) is 46.5 Å². The van der Waals surface area contributed by atoms with Crippen LogP contribution < -0.4 is 19.5 Å². The molecule has 0 aliphatic carbocycles. The Hall–Kier alpha value is -2.40. The lowest BCUT2D eigenvalue weighted by molar-refractivity contribution is -0.116. The maximum atomic E-state index is 12.2. The number of methoxy groups -OCH3 is 2. The topological polar surface area (TPSA) is 56.8 Å². The lowest BCUT2D eigenvalue weighted by atomic mass is 10.1. The van der Waals surface area contributed by atoms with Crippen molar-refractivity contribution in [3.63, 3.8) is 0 Å². The van der Waals surface area contributed by atoms with Gasteiger partial charge in [-0.25, -0.2) is 0 Å². The Balaban J connectivity index is 1.84. The number of halogens is 1. The van der Waals surface area contributed by atoms with Crippen molar-refractivity contribution in [3.8, 4) is 17.2 Å². The fourth-order valence-corrected chi connectivity index (χ4v) is 2.58. The van der Waals surface area contributed by atoms with E-state index in [1.54, 1.807) is 26.4 Å². The molecule has 2 aromatic carbocycles. The van der Waals surface area contributed by atoms with Crippen LogP contribution >= 0.6 is 11.6 Å². The molecule has 0 fully saturated rings. The van der Waals surface area contributed by atoms with Crippen molar-refractivity contribution in [2.45, 2.75) is 26.7 Å². The van der Waals surface area contributed by atoms with Crippen molar-refractivity contribution in [1.29, 1.82) is 0 Å². The number of hydrogen-bond acceptors (Lipinski definition) is 4. The number of ether oxygens (including phenoxy) is 3. The monoisotopic (exact) mass is 377 g/mol. The summed E-state index contributed by atoms with van der Waals surface area (Å²) in [6.07, 6.45) is 0.972. The molecule has 0 unspecified atom stereocenters. The molecule has 1 N–H and O–H groups in total. The third-order valence-corrected chi connectivity index (χ3v) is 4.38. The first-order valence-corrected chi connectivity index (χ1v) is 8.73. The second-order valence-electron chi connectivity index (χ2n) is 5.93. The number of rotatable bonds is 8. The number of carbonyl (C=O) groups is 1. The van der Waals surface area contributed by atoms with Gasteiger partial charge in [-0.15, -0.1) is 0 Å². The zero-order valence-corrected chi connectivity index (χ0v) is 16.3. The Kier molecular flexibility index (Phi) is 7.16. The van der Waals surface area contributed by atoms with Gasteiger partial charge in [0.1, 0.15) is 5.75 Å². The van der Waals surface area contributed by atoms with E-state index < -0.39 is 0 Å². The highest BCUT2D eigenvalue weighted by Crippen LogP contribution is 2.33. The summed E-state index contributed by atoms with van der Waals surface area (Å²) in [7, 11) is 3.15. The Labute approximate surface area is 159 Å². The molecule has 0 saturated carbocycles. The number of amides is 1. The van der Waals surface area contributed by atoms with E-state index in [0.29, 0.717) is 41.7 Å². The molecule has 0 aromatic heterocycles.